The maximum atomic E-state index is 10.9. The van der Waals surface area contributed by atoms with E-state index < -0.39 is 0 Å². The van der Waals surface area contributed by atoms with Gasteiger partial charge >= 0.3 is 0 Å². The van der Waals surface area contributed by atoms with E-state index in [2.05, 4.69) is 10.6 Å². The van der Waals surface area contributed by atoms with Crippen LogP contribution in [0.1, 0.15) is 11.1 Å². The van der Waals surface area contributed by atoms with Crippen LogP contribution in [0.5, 0.6) is 0 Å². The van der Waals surface area contributed by atoms with E-state index >= 15 is 0 Å². The first-order chi connectivity index (χ1) is 7.26. The Bertz CT molecular complexity index is 347. The van der Waals surface area contributed by atoms with Crippen molar-refractivity contribution in [1.82, 2.24) is 5.32 Å². The average molecular weight is 292 g/mol. The van der Waals surface area contributed by atoms with Gasteiger partial charge in [-0.15, -0.1) is 6.54 Å². The normalized spacial score (nSPS) is 9.88. The van der Waals surface area contributed by atoms with Crippen LogP contribution in [-0.2, 0) is 44.0 Å². The molecule has 0 aliphatic heterocycles. The summed E-state index contributed by atoms with van der Waals surface area (Å²) in [6.07, 6.45) is 3.30. The van der Waals surface area contributed by atoms with Gasteiger partial charge in [0.15, 0.2) is 0 Å². The molecule has 0 aliphatic carbocycles. The Morgan fingerprint density at radius 3 is 2.50 bits per heavy atom. The number of hydrogen-bond donors (Lipinski definition) is 1. The van der Waals surface area contributed by atoms with E-state index in [9.17, 15) is 4.79 Å². The molecule has 1 aromatic rings. The molecule has 0 saturated carbocycles. The van der Waals surface area contributed by atoms with Gasteiger partial charge in [-0.3, -0.25) is 4.79 Å². The van der Waals surface area contributed by atoms with Crippen molar-refractivity contribution in [1.29, 1.82) is 0 Å². The molecule has 1 rings (SSSR count). The van der Waals surface area contributed by atoms with Gasteiger partial charge in [0.2, 0.25) is 5.91 Å². The zero-order valence-electron chi connectivity index (χ0n) is 9.60. The summed E-state index contributed by atoms with van der Waals surface area (Å²) >= 11 is 0. The van der Waals surface area contributed by atoms with Crippen molar-refractivity contribution in [3.05, 3.63) is 46.8 Å². The van der Waals surface area contributed by atoms with E-state index in [-0.39, 0.29) is 38.6 Å². The molecule has 0 unspecified atom stereocenters. The van der Waals surface area contributed by atoms with Gasteiger partial charge in [-0.1, -0.05) is 29.8 Å². The van der Waals surface area contributed by atoms with Crippen LogP contribution in [0, 0.1) is 0 Å². The summed E-state index contributed by atoms with van der Waals surface area (Å²) in [7, 11) is 3.40. The van der Waals surface area contributed by atoms with E-state index in [1.165, 1.54) is 11.6 Å². The molecule has 16 heavy (non-hydrogen) atoms. The minimum absolute atomic E-state index is 0. The number of likely N-dealkylation sites (N-methyl/N-ethyl adjacent to an activating group) is 1. The van der Waals surface area contributed by atoms with Crippen molar-refractivity contribution in [2.75, 3.05) is 14.1 Å². The Morgan fingerprint density at radius 2 is 2.00 bits per heavy atom. The van der Waals surface area contributed by atoms with E-state index in [1.807, 2.05) is 24.3 Å². The van der Waals surface area contributed by atoms with E-state index in [0.29, 0.717) is 0 Å². The number of carbonyl (C=O) groups is 1. The number of amides is 1. The number of hydrogen-bond acceptors (Lipinski definition) is 1. The maximum Gasteiger partial charge on any atom is 0.243 e. The molecular formula is C12H15N2OY-. The molecule has 1 amide bonds. The van der Waals surface area contributed by atoms with Gasteiger partial charge < -0.3 is 10.6 Å². The third-order valence-electron chi connectivity index (χ3n) is 1.99. The summed E-state index contributed by atoms with van der Waals surface area (Å²) in [6.45, 7) is 0.736. The second kappa shape index (κ2) is 8.62. The SMILES string of the molecule is C[N-]Cc1ccc(/C=C/C(=O)NC)cc1.[Y]. The molecule has 0 saturated heterocycles. The first-order valence-electron chi connectivity index (χ1n) is 4.80. The zero-order chi connectivity index (χ0) is 11.1. The fourth-order valence-corrected chi connectivity index (χ4v) is 1.17. The molecular weight excluding hydrogens is 277 g/mol. The monoisotopic (exact) mass is 292 g/mol. The fraction of sp³-hybridized carbons (Fsp3) is 0.250. The van der Waals surface area contributed by atoms with Gasteiger partial charge in [0.25, 0.3) is 0 Å². The van der Waals surface area contributed by atoms with Crippen molar-refractivity contribution in [3.63, 3.8) is 0 Å². The van der Waals surface area contributed by atoms with E-state index in [1.54, 1.807) is 20.2 Å². The quantitative estimate of drug-likeness (QED) is 0.847. The van der Waals surface area contributed by atoms with Gasteiger partial charge in [-0.2, -0.15) is 7.05 Å². The molecule has 83 valence electrons. The molecule has 1 radical (unpaired) electrons. The summed E-state index contributed by atoms with van der Waals surface area (Å²) in [5, 5.41) is 6.57. The zero-order valence-corrected chi connectivity index (χ0v) is 12.4. The van der Waals surface area contributed by atoms with Crippen LogP contribution in [0.25, 0.3) is 11.4 Å². The van der Waals surface area contributed by atoms with Crippen molar-refractivity contribution in [2.24, 2.45) is 0 Å². The predicted octanol–water partition coefficient (Wildman–Crippen LogP) is 1.95. The first-order valence-corrected chi connectivity index (χ1v) is 4.80. The Labute approximate surface area is 122 Å². The summed E-state index contributed by atoms with van der Waals surface area (Å²) < 4.78 is 0. The molecule has 0 heterocycles. The standard InChI is InChI=1S/C12H15N2O.Y/c1-13-9-11-5-3-10(4-6-11)7-8-12(15)14-2;/h3-8H,9H2,1-2H3,(H,14,15);/q-1;/b8-7+;. The molecule has 0 aromatic heterocycles. The minimum Gasteiger partial charge on any atom is -0.661 e. The number of nitrogens with zero attached hydrogens (tertiary/aromatic N) is 1. The first kappa shape index (κ1) is 15.5. The van der Waals surface area contributed by atoms with Crippen LogP contribution >= 0.6 is 0 Å². The average Bonchev–Trinajstić information content (AvgIpc) is 2.28. The van der Waals surface area contributed by atoms with Crippen LogP contribution in [0.2, 0.25) is 0 Å². The second-order valence-corrected chi connectivity index (χ2v) is 3.16. The van der Waals surface area contributed by atoms with E-state index in [4.69, 9.17) is 0 Å². The minimum atomic E-state index is -0.0948. The van der Waals surface area contributed by atoms with Crippen molar-refractivity contribution in [3.8, 4) is 0 Å². The third kappa shape index (κ3) is 5.54. The van der Waals surface area contributed by atoms with Gasteiger partial charge in [-0.25, -0.2) is 0 Å². The van der Waals surface area contributed by atoms with Crippen molar-refractivity contribution in [2.45, 2.75) is 6.54 Å². The van der Waals surface area contributed by atoms with Crippen molar-refractivity contribution >= 4 is 12.0 Å². The molecule has 0 aliphatic rings. The Hall–Kier alpha value is -0.506. The summed E-state index contributed by atoms with van der Waals surface area (Å²) in [4.78, 5) is 10.9. The molecule has 1 N–H and O–H groups in total. The predicted molar refractivity (Wildman–Crippen MR) is 62.5 cm³/mol. The molecule has 1 aromatic carbocycles. The molecule has 0 fully saturated rings. The number of rotatable bonds is 4. The second-order valence-electron chi connectivity index (χ2n) is 3.16. The van der Waals surface area contributed by atoms with Gasteiger partial charge in [0, 0.05) is 45.8 Å². The number of nitrogens with one attached hydrogen (secondary N) is 1. The summed E-state index contributed by atoms with van der Waals surface area (Å²) in [5.74, 6) is -0.0948. The Balaban J connectivity index is 0.00000225. The Kier molecular flexibility index (Phi) is 8.35. The molecule has 0 atom stereocenters. The van der Waals surface area contributed by atoms with Crippen molar-refractivity contribution < 1.29 is 37.5 Å². The van der Waals surface area contributed by atoms with Crippen LogP contribution < -0.4 is 5.32 Å². The molecule has 3 nitrogen and oxygen atoms in total. The van der Waals surface area contributed by atoms with Gasteiger partial charge in [0.05, 0.1) is 0 Å². The number of carbonyl (C=O) groups excluding carboxylic acids is 1. The van der Waals surface area contributed by atoms with Gasteiger partial charge in [0.1, 0.15) is 0 Å². The summed E-state index contributed by atoms with van der Waals surface area (Å²) in [5.41, 5.74) is 2.19. The maximum absolute atomic E-state index is 10.9. The van der Waals surface area contributed by atoms with E-state index in [0.717, 1.165) is 12.1 Å². The van der Waals surface area contributed by atoms with Crippen LogP contribution in [-0.4, -0.2) is 20.0 Å². The smallest absolute Gasteiger partial charge is 0.243 e. The Morgan fingerprint density at radius 1 is 1.38 bits per heavy atom. The third-order valence-corrected chi connectivity index (χ3v) is 1.99. The largest absolute Gasteiger partial charge is 0.661 e. The molecule has 0 bridgehead atoms. The topological polar surface area (TPSA) is 43.2 Å². The van der Waals surface area contributed by atoms with Crippen LogP contribution in [0.15, 0.2) is 30.3 Å². The molecule has 0 spiro atoms. The summed E-state index contributed by atoms with van der Waals surface area (Å²) in [6, 6.07) is 7.97. The number of benzene rings is 1. The van der Waals surface area contributed by atoms with Crippen LogP contribution in [0.3, 0.4) is 0 Å². The molecule has 4 heteroatoms. The van der Waals surface area contributed by atoms with Crippen LogP contribution in [0.4, 0.5) is 0 Å². The van der Waals surface area contributed by atoms with Gasteiger partial charge in [-0.05, 0) is 11.6 Å². The fourth-order valence-electron chi connectivity index (χ4n) is 1.17.